The van der Waals surface area contributed by atoms with Crippen molar-refractivity contribution in [3.63, 3.8) is 0 Å². The van der Waals surface area contributed by atoms with Crippen molar-refractivity contribution in [2.45, 2.75) is 82.8 Å². The van der Waals surface area contributed by atoms with Crippen LogP contribution in [0.2, 0.25) is 0 Å². The molecule has 2 aliphatic rings. The fraction of sp³-hybridized carbons (Fsp3) is 0.593. The lowest BCUT2D eigenvalue weighted by Crippen LogP contribution is -2.42. The van der Waals surface area contributed by atoms with E-state index in [2.05, 4.69) is 15.2 Å². The van der Waals surface area contributed by atoms with E-state index >= 15 is 0 Å². The first-order chi connectivity index (χ1) is 17.1. The van der Waals surface area contributed by atoms with Crippen molar-refractivity contribution in [3.05, 3.63) is 46.7 Å². The van der Waals surface area contributed by atoms with Crippen molar-refractivity contribution in [2.75, 3.05) is 25.0 Å². The zero-order valence-corrected chi connectivity index (χ0v) is 22.3. The Bertz CT molecular complexity index is 1060. The first-order valence-electron chi connectivity index (χ1n) is 12.7. The Kier molecular flexibility index (Phi) is 7.99. The number of carbonyl (C=O) groups excluding carboxylic acids is 2. The Morgan fingerprint density at radius 1 is 1.19 bits per heavy atom. The van der Waals surface area contributed by atoms with E-state index in [1.165, 1.54) is 29.0 Å². The average Bonchev–Trinajstić information content (AvgIpc) is 3.47. The largest absolute Gasteiger partial charge is 0.465 e. The number of hydrogen-bond acceptors (Lipinski definition) is 7. The summed E-state index contributed by atoms with van der Waals surface area (Å²) in [6.07, 6.45) is 3.63. The van der Waals surface area contributed by atoms with Gasteiger partial charge in [0.2, 0.25) is 0 Å². The van der Waals surface area contributed by atoms with Gasteiger partial charge < -0.3 is 14.4 Å². The number of amides is 1. The summed E-state index contributed by atoms with van der Waals surface area (Å²) in [6, 6.07) is 7.11. The van der Waals surface area contributed by atoms with Gasteiger partial charge in [0.05, 0.1) is 12.3 Å². The van der Waals surface area contributed by atoms with Crippen LogP contribution < -0.4 is 5.32 Å². The van der Waals surface area contributed by atoms with E-state index < -0.39 is 17.1 Å². The first kappa shape index (κ1) is 26.5. The highest BCUT2D eigenvalue weighted by atomic mass is 32.1. The second-order valence-electron chi connectivity index (χ2n) is 10.7. The summed E-state index contributed by atoms with van der Waals surface area (Å²) in [5.41, 5.74) is 0.411. The molecule has 1 aliphatic carbocycles. The molecule has 9 heteroatoms. The van der Waals surface area contributed by atoms with Gasteiger partial charge in [-0.3, -0.25) is 10.1 Å². The normalized spacial score (nSPS) is 23.4. The van der Waals surface area contributed by atoms with E-state index in [9.17, 15) is 14.0 Å². The van der Waals surface area contributed by atoms with Crippen LogP contribution in [0.25, 0.3) is 0 Å². The lowest BCUT2D eigenvalue weighted by atomic mass is 9.82. The number of rotatable bonds is 6. The minimum atomic E-state index is -0.821. The van der Waals surface area contributed by atoms with E-state index in [4.69, 9.17) is 9.47 Å². The maximum Gasteiger partial charge on any atom is 0.413 e. The molecule has 1 amide bonds. The van der Waals surface area contributed by atoms with Gasteiger partial charge in [0.25, 0.3) is 0 Å². The predicted octanol–water partition coefficient (Wildman–Crippen LogP) is 5.86. The third-order valence-electron chi connectivity index (χ3n) is 7.14. The molecule has 36 heavy (non-hydrogen) atoms. The third kappa shape index (κ3) is 6.06. The van der Waals surface area contributed by atoms with Gasteiger partial charge >= 0.3 is 12.1 Å². The molecule has 0 bridgehead atoms. The molecular weight excluding hydrogens is 481 g/mol. The van der Waals surface area contributed by atoms with E-state index in [1.807, 2.05) is 24.4 Å². The van der Waals surface area contributed by atoms with E-state index in [1.54, 1.807) is 20.8 Å². The van der Waals surface area contributed by atoms with Gasteiger partial charge in [0.15, 0.2) is 5.13 Å². The highest BCUT2D eigenvalue weighted by molar-refractivity contribution is 7.14. The quantitative estimate of drug-likeness (QED) is 0.483. The van der Waals surface area contributed by atoms with Crippen molar-refractivity contribution in [2.24, 2.45) is 0 Å². The topological polar surface area (TPSA) is 80.8 Å². The highest BCUT2D eigenvalue weighted by Crippen LogP contribution is 2.46. The number of anilines is 1. The Morgan fingerprint density at radius 3 is 2.53 bits per heavy atom. The fourth-order valence-electron chi connectivity index (χ4n) is 5.40. The average molecular weight is 518 g/mol. The lowest BCUT2D eigenvalue weighted by Gasteiger charge is -2.37. The molecule has 2 heterocycles. The highest BCUT2D eigenvalue weighted by Gasteiger charge is 2.51. The zero-order chi connectivity index (χ0) is 25.9. The number of piperidine rings is 1. The minimum absolute atomic E-state index is 0.205. The van der Waals surface area contributed by atoms with Crippen LogP contribution in [0.5, 0.6) is 0 Å². The lowest BCUT2D eigenvalue weighted by molar-refractivity contribution is -0.150. The summed E-state index contributed by atoms with van der Waals surface area (Å²) in [6.45, 7) is 9.41. The maximum atomic E-state index is 13.3. The Labute approximate surface area is 216 Å². The smallest absolute Gasteiger partial charge is 0.413 e. The van der Waals surface area contributed by atoms with Gasteiger partial charge in [0.1, 0.15) is 16.8 Å². The molecule has 1 aromatic heterocycles. The molecule has 1 saturated heterocycles. The molecule has 1 aliphatic heterocycles. The zero-order valence-electron chi connectivity index (χ0n) is 21.5. The van der Waals surface area contributed by atoms with Gasteiger partial charge in [-0.2, -0.15) is 0 Å². The molecule has 0 spiro atoms. The van der Waals surface area contributed by atoms with Crippen LogP contribution in [-0.2, 0) is 19.7 Å². The number of likely N-dealkylation sites (tertiary alicyclic amines) is 1. The molecule has 2 atom stereocenters. The van der Waals surface area contributed by atoms with Crippen molar-refractivity contribution in [1.29, 1.82) is 0 Å². The molecule has 7 nitrogen and oxygen atoms in total. The summed E-state index contributed by atoms with van der Waals surface area (Å²) >= 11 is 1.29. The fourth-order valence-corrected chi connectivity index (χ4v) is 6.19. The van der Waals surface area contributed by atoms with Crippen molar-refractivity contribution >= 4 is 28.5 Å². The number of thiazole rings is 1. The summed E-state index contributed by atoms with van der Waals surface area (Å²) in [5.74, 6) is -0.0233. The van der Waals surface area contributed by atoms with Gasteiger partial charge in [-0.1, -0.05) is 12.1 Å². The number of aromatic nitrogens is 1. The van der Waals surface area contributed by atoms with Crippen LogP contribution in [0.4, 0.5) is 14.3 Å². The molecule has 2 fully saturated rings. The number of halogens is 1. The molecule has 1 saturated carbocycles. The molecule has 2 aromatic rings. The Balaban J connectivity index is 1.44. The second-order valence-corrected chi connectivity index (χ2v) is 11.6. The molecule has 2 unspecified atom stereocenters. The van der Waals surface area contributed by atoms with E-state index in [0.29, 0.717) is 36.2 Å². The van der Waals surface area contributed by atoms with Crippen molar-refractivity contribution in [1.82, 2.24) is 9.88 Å². The SMILES string of the molecule is CCOC(=O)C1(c2csc(NC(=O)OC(C)(C)C)n2)CCC(N2CCC(c3ccc(F)cc3)CC2)C1. The number of benzene rings is 1. The number of ether oxygens (including phenoxy) is 2. The first-order valence-corrected chi connectivity index (χ1v) is 13.6. The second kappa shape index (κ2) is 10.8. The van der Waals surface area contributed by atoms with Crippen molar-refractivity contribution < 1.29 is 23.5 Å². The molecule has 1 aromatic carbocycles. The van der Waals surface area contributed by atoms with Crippen LogP contribution in [0.3, 0.4) is 0 Å². The van der Waals surface area contributed by atoms with Crippen LogP contribution in [0.1, 0.15) is 77.0 Å². The van der Waals surface area contributed by atoms with Crippen LogP contribution in [0, 0.1) is 5.82 Å². The summed E-state index contributed by atoms with van der Waals surface area (Å²) in [4.78, 5) is 32.6. The number of nitrogens with zero attached hydrogens (tertiary/aromatic N) is 2. The summed E-state index contributed by atoms with van der Waals surface area (Å²) in [5, 5.41) is 4.95. The van der Waals surface area contributed by atoms with Gasteiger partial charge in [-0.15, -0.1) is 11.3 Å². The monoisotopic (exact) mass is 517 g/mol. The van der Waals surface area contributed by atoms with E-state index in [-0.39, 0.29) is 17.8 Å². The van der Waals surface area contributed by atoms with Gasteiger partial charge in [0, 0.05) is 11.4 Å². The van der Waals surface area contributed by atoms with Crippen LogP contribution in [0.15, 0.2) is 29.6 Å². The van der Waals surface area contributed by atoms with Crippen LogP contribution in [-0.4, -0.2) is 53.3 Å². The van der Waals surface area contributed by atoms with E-state index in [0.717, 1.165) is 32.4 Å². The molecule has 0 radical (unpaired) electrons. The predicted molar refractivity (Wildman–Crippen MR) is 138 cm³/mol. The third-order valence-corrected chi connectivity index (χ3v) is 7.90. The molecular formula is C27H36FN3O4S. The van der Waals surface area contributed by atoms with Crippen molar-refractivity contribution in [3.8, 4) is 0 Å². The standard InChI is InChI=1S/C27H36FN3O4S/c1-5-34-23(32)27(22-17-36-24(29-22)30-25(33)35-26(2,3)4)13-10-21(16-27)31-14-11-19(12-15-31)18-6-8-20(28)9-7-18/h6-9,17,19,21H,5,10-16H2,1-4H3,(H,29,30,33). The Hall–Kier alpha value is -2.52. The van der Waals surface area contributed by atoms with Gasteiger partial charge in [-0.25, -0.2) is 14.2 Å². The minimum Gasteiger partial charge on any atom is -0.465 e. The number of hydrogen-bond donors (Lipinski definition) is 1. The number of esters is 1. The molecule has 196 valence electrons. The molecule has 1 N–H and O–H groups in total. The summed E-state index contributed by atoms with van der Waals surface area (Å²) in [7, 11) is 0. The molecule has 4 rings (SSSR count). The number of carbonyl (C=O) groups is 2. The maximum absolute atomic E-state index is 13.3. The summed E-state index contributed by atoms with van der Waals surface area (Å²) < 4.78 is 24.2. The number of nitrogens with one attached hydrogen (secondary N) is 1. The Morgan fingerprint density at radius 2 is 1.89 bits per heavy atom. The van der Waals surface area contributed by atoms with Gasteiger partial charge in [-0.05, 0) is 96.5 Å². The van der Waals surface area contributed by atoms with Crippen LogP contribution >= 0.6 is 11.3 Å².